The fourth-order valence-electron chi connectivity index (χ4n) is 10.3. The third-order valence-electron chi connectivity index (χ3n) is 13.5. The highest BCUT2D eigenvalue weighted by molar-refractivity contribution is 6.23. The summed E-state index contributed by atoms with van der Waals surface area (Å²) in [6, 6.07) is 70.3. The van der Waals surface area contributed by atoms with Crippen LogP contribution in [0.3, 0.4) is 0 Å². The molecule has 0 fully saturated rings. The Bertz CT molecular complexity index is 4350. The molecule has 0 aliphatic rings. The smallest absolute Gasteiger partial charge is 0.0972 e. The molecular formula is C62H36N6. The van der Waals surface area contributed by atoms with Crippen molar-refractivity contribution in [1.29, 1.82) is 0 Å². The van der Waals surface area contributed by atoms with E-state index in [1.165, 1.54) is 16.2 Å². The molecule has 314 valence electrons. The summed E-state index contributed by atoms with van der Waals surface area (Å²) < 4.78 is 0. The van der Waals surface area contributed by atoms with E-state index in [0.29, 0.717) is 0 Å². The van der Waals surface area contributed by atoms with E-state index in [1.807, 2.05) is 42.9 Å². The Morgan fingerprint density at radius 2 is 0.809 bits per heavy atom. The number of benzene rings is 8. The second kappa shape index (κ2) is 15.2. The van der Waals surface area contributed by atoms with Gasteiger partial charge in [-0.05, 0) is 87.1 Å². The van der Waals surface area contributed by atoms with Crippen LogP contribution in [0.4, 0.5) is 0 Å². The molecule has 0 aliphatic carbocycles. The average Bonchev–Trinajstić information content (AvgIpc) is 3.41. The third kappa shape index (κ3) is 6.05. The van der Waals surface area contributed by atoms with Crippen molar-refractivity contribution in [3.8, 4) is 56.4 Å². The van der Waals surface area contributed by atoms with Gasteiger partial charge < -0.3 is 0 Å². The van der Waals surface area contributed by atoms with Crippen LogP contribution in [0.2, 0.25) is 0 Å². The Morgan fingerprint density at radius 3 is 1.51 bits per heavy atom. The predicted molar refractivity (Wildman–Crippen MR) is 280 cm³/mol. The Labute approximate surface area is 389 Å². The Kier molecular flexibility index (Phi) is 8.48. The maximum Gasteiger partial charge on any atom is 0.0972 e. The van der Waals surface area contributed by atoms with E-state index in [9.17, 15) is 0 Å². The molecule has 0 aliphatic heterocycles. The molecular weight excluding hydrogens is 829 g/mol. The quantitative estimate of drug-likeness (QED) is 0.160. The van der Waals surface area contributed by atoms with Gasteiger partial charge in [-0.1, -0.05) is 146 Å². The molecule has 0 saturated heterocycles. The minimum Gasteiger partial charge on any atom is -0.256 e. The minimum atomic E-state index is 0.819. The highest BCUT2D eigenvalue weighted by Gasteiger charge is 2.18. The first kappa shape index (κ1) is 38.1. The first-order valence-electron chi connectivity index (χ1n) is 22.8. The summed E-state index contributed by atoms with van der Waals surface area (Å²) in [4.78, 5) is 30.6. The summed E-state index contributed by atoms with van der Waals surface area (Å²) in [5.74, 6) is 0. The van der Waals surface area contributed by atoms with Gasteiger partial charge in [0, 0.05) is 78.4 Å². The van der Waals surface area contributed by atoms with Gasteiger partial charge in [0.05, 0.1) is 50.7 Å². The van der Waals surface area contributed by atoms with Gasteiger partial charge in [-0.3, -0.25) is 15.0 Å². The number of pyridine rings is 6. The lowest BCUT2D eigenvalue weighted by molar-refractivity contribution is 1.27. The van der Waals surface area contributed by atoms with E-state index in [1.54, 1.807) is 0 Å². The Balaban J connectivity index is 0.868. The van der Waals surface area contributed by atoms with Crippen molar-refractivity contribution in [1.82, 2.24) is 29.9 Å². The van der Waals surface area contributed by atoms with E-state index in [0.717, 1.165) is 127 Å². The third-order valence-corrected chi connectivity index (χ3v) is 13.5. The van der Waals surface area contributed by atoms with E-state index in [2.05, 4.69) is 181 Å². The molecule has 0 saturated carbocycles. The van der Waals surface area contributed by atoms with Crippen LogP contribution in [0.1, 0.15) is 0 Å². The van der Waals surface area contributed by atoms with Crippen molar-refractivity contribution in [3.05, 3.63) is 219 Å². The molecule has 6 heterocycles. The number of hydrogen-bond donors (Lipinski definition) is 0. The molecule has 8 aromatic carbocycles. The Hall–Kier alpha value is -9.26. The van der Waals surface area contributed by atoms with Crippen LogP contribution >= 0.6 is 0 Å². The number of fused-ring (bicyclic) bond motifs is 12. The molecule has 68 heavy (non-hydrogen) atoms. The molecule has 0 unspecified atom stereocenters. The molecule has 0 atom stereocenters. The van der Waals surface area contributed by atoms with Gasteiger partial charge in [0.25, 0.3) is 0 Å². The number of rotatable bonds is 5. The molecule has 0 spiro atoms. The van der Waals surface area contributed by atoms with Crippen LogP contribution in [0.5, 0.6) is 0 Å². The largest absolute Gasteiger partial charge is 0.256 e. The lowest BCUT2D eigenvalue weighted by Gasteiger charge is -2.14. The number of nitrogens with zero attached hydrogens (tertiary/aromatic N) is 6. The zero-order valence-electron chi connectivity index (χ0n) is 36.5. The first-order chi connectivity index (χ1) is 33.7. The molecule has 6 heteroatoms. The highest BCUT2D eigenvalue weighted by Crippen LogP contribution is 2.41. The zero-order valence-corrected chi connectivity index (χ0v) is 36.5. The fourth-order valence-corrected chi connectivity index (χ4v) is 10.3. The number of hydrogen-bond acceptors (Lipinski definition) is 6. The molecule has 14 rings (SSSR count). The summed E-state index contributed by atoms with van der Waals surface area (Å²) in [7, 11) is 0. The standard InChI is InChI=1S/C62H36N6/c1-3-13-44-37(11-1)22-28-50-58(44)48-15-5-7-19-53(48)66-61(50)56-31-26-42(36-65-56)60-46-14-4-2-12-38(46)34-57(68-60)40-24-27-45-39(33-40)23-29-51-59(45)49-16-6-8-20-54(49)67-62(51)55-30-25-41(35-64-55)43-17-9-21-52-47(43)18-10-32-63-52/h1-36H. The van der Waals surface area contributed by atoms with Gasteiger partial charge in [0.15, 0.2) is 0 Å². The second-order valence-electron chi connectivity index (χ2n) is 17.4. The van der Waals surface area contributed by atoms with Gasteiger partial charge in [-0.2, -0.15) is 0 Å². The first-order valence-corrected chi connectivity index (χ1v) is 22.8. The zero-order chi connectivity index (χ0) is 44.7. The van der Waals surface area contributed by atoms with E-state index in [4.69, 9.17) is 24.9 Å². The van der Waals surface area contributed by atoms with Crippen molar-refractivity contribution in [2.24, 2.45) is 0 Å². The van der Waals surface area contributed by atoms with Gasteiger partial charge in [-0.15, -0.1) is 0 Å². The van der Waals surface area contributed by atoms with Gasteiger partial charge in [-0.25, -0.2) is 15.0 Å². The van der Waals surface area contributed by atoms with Gasteiger partial charge in [0.1, 0.15) is 0 Å². The summed E-state index contributed by atoms with van der Waals surface area (Å²) in [5, 5.41) is 14.7. The van der Waals surface area contributed by atoms with E-state index < -0.39 is 0 Å². The Morgan fingerprint density at radius 1 is 0.265 bits per heavy atom. The molecule has 14 aromatic rings. The van der Waals surface area contributed by atoms with Crippen molar-refractivity contribution in [3.63, 3.8) is 0 Å². The summed E-state index contributed by atoms with van der Waals surface area (Å²) >= 11 is 0. The molecule has 6 aromatic heterocycles. The molecule has 0 N–H and O–H groups in total. The van der Waals surface area contributed by atoms with Crippen LogP contribution < -0.4 is 0 Å². The summed E-state index contributed by atoms with van der Waals surface area (Å²) in [6.45, 7) is 0. The van der Waals surface area contributed by atoms with Crippen molar-refractivity contribution in [2.45, 2.75) is 0 Å². The molecule has 6 nitrogen and oxygen atoms in total. The predicted octanol–water partition coefficient (Wildman–Crippen LogP) is 15.6. The average molecular weight is 865 g/mol. The molecule has 0 bridgehead atoms. The number of aromatic nitrogens is 6. The number of para-hydroxylation sites is 2. The maximum absolute atomic E-state index is 5.41. The van der Waals surface area contributed by atoms with Crippen LogP contribution in [-0.4, -0.2) is 29.9 Å². The van der Waals surface area contributed by atoms with Crippen molar-refractivity contribution in [2.75, 3.05) is 0 Å². The SMILES string of the molecule is c1ccc2c(-c3ccc(-c4nc5ccccc5c5c4ccc4ccccc45)nc3)nc(-c3ccc4c(ccc5c(-c6ccc(-c7cccc8ncccc78)cn6)nc6ccccc6c54)c3)cc2c1. The van der Waals surface area contributed by atoms with E-state index >= 15 is 0 Å². The van der Waals surface area contributed by atoms with E-state index in [-0.39, 0.29) is 0 Å². The van der Waals surface area contributed by atoms with Crippen molar-refractivity contribution < 1.29 is 0 Å². The van der Waals surface area contributed by atoms with Crippen LogP contribution in [-0.2, 0) is 0 Å². The van der Waals surface area contributed by atoms with Crippen molar-refractivity contribution >= 4 is 86.6 Å². The topological polar surface area (TPSA) is 77.3 Å². The van der Waals surface area contributed by atoms with Gasteiger partial charge >= 0.3 is 0 Å². The van der Waals surface area contributed by atoms with Crippen LogP contribution in [0, 0.1) is 0 Å². The van der Waals surface area contributed by atoms with Gasteiger partial charge in [0.2, 0.25) is 0 Å². The second-order valence-corrected chi connectivity index (χ2v) is 17.4. The maximum atomic E-state index is 5.41. The summed E-state index contributed by atoms with van der Waals surface area (Å²) in [6.07, 6.45) is 5.73. The van der Waals surface area contributed by atoms with Crippen LogP contribution in [0.25, 0.3) is 143 Å². The molecule has 0 radical (unpaired) electrons. The summed E-state index contributed by atoms with van der Waals surface area (Å²) in [5.41, 5.74) is 12.1. The van der Waals surface area contributed by atoms with Crippen LogP contribution in [0.15, 0.2) is 219 Å². The highest BCUT2D eigenvalue weighted by atomic mass is 14.8. The lowest BCUT2D eigenvalue weighted by atomic mass is 9.94. The monoisotopic (exact) mass is 864 g/mol. The minimum absolute atomic E-state index is 0.819. The normalized spacial score (nSPS) is 11.8. The lowest BCUT2D eigenvalue weighted by Crippen LogP contribution is -1.95. The fraction of sp³-hybridized carbons (Fsp3) is 0. The molecule has 0 amide bonds.